The molecule has 0 aliphatic carbocycles. The van der Waals surface area contributed by atoms with Gasteiger partial charge in [-0.05, 0) is 18.6 Å². The third kappa shape index (κ3) is 3.07. The minimum Gasteiger partial charge on any atom is -0.375 e. The molecule has 0 aliphatic rings. The molecule has 2 aromatic carbocycles. The molecule has 0 fully saturated rings. The largest absolute Gasteiger partial charge is 0.375 e. The van der Waals surface area contributed by atoms with E-state index in [0.29, 0.717) is 12.0 Å². The van der Waals surface area contributed by atoms with Crippen LogP contribution in [0, 0.1) is 17.5 Å². The Hall–Kier alpha value is -1.68. The van der Waals surface area contributed by atoms with Crippen LogP contribution in [-0.4, -0.2) is 0 Å². The van der Waals surface area contributed by atoms with Crippen molar-refractivity contribution in [3.05, 3.63) is 64.4 Å². The normalized spacial score (nSPS) is 12.2. The van der Waals surface area contributed by atoms with Gasteiger partial charge in [-0.3, -0.25) is 0 Å². The fourth-order valence-electron chi connectivity index (χ4n) is 2.01. The van der Waals surface area contributed by atoms with Crippen LogP contribution in [0.3, 0.4) is 0 Å². The summed E-state index contributed by atoms with van der Waals surface area (Å²) in [7, 11) is 0. The first-order chi connectivity index (χ1) is 9.52. The van der Waals surface area contributed by atoms with E-state index in [1.807, 2.05) is 6.92 Å². The number of hydrogen-bond acceptors (Lipinski definition) is 1. The SMILES string of the molecule is CCC(Nc1c(F)cc(F)cc1Cl)c1ccccc1F. The van der Waals surface area contributed by atoms with Gasteiger partial charge in [0.25, 0.3) is 0 Å². The first-order valence-electron chi connectivity index (χ1n) is 6.18. The highest BCUT2D eigenvalue weighted by molar-refractivity contribution is 6.33. The summed E-state index contributed by atoms with van der Waals surface area (Å²) < 4.78 is 40.5. The molecule has 0 saturated carbocycles. The molecule has 106 valence electrons. The Bertz CT molecular complexity index is 593. The molecule has 0 saturated heterocycles. The van der Waals surface area contributed by atoms with Crippen LogP contribution in [0.5, 0.6) is 0 Å². The Morgan fingerprint density at radius 1 is 1.10 bits per heavy atom. The number of benzene rings is 2. The molecule has 0 radical (unpaired) electrons. The molecule has 0 spiro atoms. The van der Waals surface area contributed by atoms with Gasteiger partial charge < -0.3 is 5.32 Å². The average Bonchev–Trinajstić information content (AvgIpc) is 2.39. The number of anilines is 1. The quantitative estimate of drug-likeness (QED) is 0.805. The van der Waals surface area contributed by atoms with Gasteiger partial charge in [-0.2, -0.15) is 0 Å². The standard InChI is InChI=1S/C15H13ClF3N/c1-2-14(10-5-3-4-6-12(10)18)20-15-11(16)7-9(17)8-13(15)19/h3-8,14,20H,2H2,1H3. The maximum absolute atomic E-state index is 13.8. The zero-order valence-corrected chi connectivity index (χ0v) is 11.5. The van der Waals surface area contributed by atoms with Gasteiger partial charge in [0.05, 0.1) is 16.8 Å². The van der Waals surface area contributed by atoms with Crippen molar-refractivity contribution in [3.63, 3.8) is 0 Å². The second kappa shape index (κ2) is 6.18. The molecule has 2 rings (SSSR count). The number of rotatable bonds is 4. The van der Waals surface area contributed by atoms with E-state index in [0.717, 1.165) is 12.1 Å². The molecule has 2 aromatic rings. The molecule has 5 heteroatoms. The molecule has 0 aliphatic heterocycles. The molecular weight excluding hydrogens is 287 g/mol. The third-order valence-electron chi connectivity index (χ3n) is 3.01. The second-order valence-electron chi connectivity index (χ2n) is 4.37. The summed E-state index contributed by atoms with van der Waals surface area (Å²) in [4.78, 5) is 0. The van der Waals surface area contributed by atoms with Crippen LogP contribution in [-0.2, 0) is 0 Å². The van der Waals surface area contributed by atoms with Crippen molar-refractivity contribution < 1.29 is 13.2 Å². The molecule has 1 unspecified atom stereocenters. The number of nitrogens with one attached hydrogen (secondary N) is 1. The van der Waals surface area contributed by atoms with Crippen LogP contribution in [0.15, 0.2) is 36.4 Å². The van der Waals surface area contributed by atoms with E-state index in [2.05, 4.69) is 5.32 Å². The molecule has 0 amide bonds. The fourth-order valence-corrected chi connectivity index (χ4v) is 2.26. The van der Waals surface area contributed by atoms with Gasteiger partial charge in [-0.15, -0.1) is 0 Å². The van der Waals surface area contributed by atoms with E-state index in [1.54, 1.807) is 18.2 Å². The smallest absolute Gasteiger partial charge is 0.150 e. The summed E-state index contributed by atoms with van der Waals surface area (Å²) in [6.45, 7) is 1.83. The van der Waals surface area contributed by atoms with Crippen molar-refractivity contribution in [2.24, 2.45) is 0 Å². The molecule has 0 heterocycles. The first-order valence-corrected chi connectivity index (χ1v) is 6.56. The molecule has 1 atom stereocenters. The van der Waals surface area contributed by atoms with Gasteiger partial charge in [0.2, 0.25) is 0 Å². The van der Waals surface area contributed by atoms with Crippen molar-refractivity contribution in [1.29, 1.82) is 0 Å². The predicted octanol–water partition coefficient (Wildman–Crippen LogP) is 5.32. The average molecular weight is 300 g/mol. The Morgan fingerprint density at radius 3 is 2.40 bits per heavy atom. The third-order valence-corrected chi connectivity index (χ3v) is 3.31. The lowest BCUT2D eigenvalue weighted by Gasteiger charge is -2.20. The van der Waals surface area contributed by atoms with Crippen molar-refractivity contribution in [1.82, 2.24) is 0 Å². The van der Waals surface area contributed by atoms with E-state index in [-0.39, 0.29) is 16.5 Å². The lowest BCUT2D eigenvalue weighted by atomic mass is 10.0. The van der Waals surface area contributed by atoms with Crippen molar-refractivity contribution in [3.8, 4) is 0 Å². The Kier molecular flexibility index (Phi) is 4.55. The summed E-state index contributed by atoms with van der Waals surface area (Å²) in [5, 5.41) is 2.76. The predicted molar refractivity (Wildman–Crippen MR) is 74.4 cm³/mol. The second-order valence-corrected chi connectivity index (χ2v) is 4.78. The molecule has 1 N–H and O–H groups in total. The van der Waals surface area contributed by atoms with E-state index in [9.17, 15) is 13.2 Å². The number of halogens is 4. The van der Waals surface area contributed by atoms with Crippen molar-refractivity contribution >= 4 is 17.3 Å². The molecule has 0 aromatic heterocycles. The van der Waals surface area contributed by atoms with Gasteiger partial charge in [0.1, 0.15) is 11.6 Å². The zero-order chi connectivity index (χ0) is 14.7. The van der Waals surface area contributed by atoms with Gasteiger partial charge in [0.15, 0.2) is 5.82 Å². The van der Waals surface area contributed by atoms with Crippen molar-refractivity contribution in [2.75, 3.05) is 5.32 Å². The maximum atomic E-state index is 13.8. The van der Waals surface area contributed by atoms with Crippen LogP contribution in [0.1, 0.15) is 24.9 Å². The van der Waals surface area contributed by atoms with E-state index in [1.165, 1.54) is 6.07 Å². The van der Waals surface area contributed by atoms with E-state index < -0.39 is 17.7 Å². The number of hydrogen-bond donors (Lipinski definition) is 1. The first kappa shape index (κ1) is 14.7. The van der Waals surface area contributed by atoms with Crippen LogP contribution in [0.2, 0.25) is 5.02 Å². The van der Waals surface area contributed by atoms with E-state index >= 15 is 0 Å². The lowest BCUT2D eigenvalue weighted by Crippen LogP contribution is -2.13. The Labute approximate surface area is 120 Å². The fraction of sp³-hybridized carbons (Fsp3) is 0.200. The van der Waals surface area contributed by atoms with Gasteiger partial charge in [-0.1, -0.05) is 36.7 Å². The minimum absolute atomic E-state index is 0.0248. The summed E-state index contributed by atoms with van der Waals surface area (Å²) in [6.07, 6.45) is 0.522. The lowest BCUT2D eigenvalue weighted by molar-refractivity contribution is 0.573. The molecular formula is C15H13ClF3N. The van der Waals surface area contributed by atoms with Crippen molar-refractivity contribution in [2.45, 2.75) is 19.4 Å². The zero-order valence-electron chi connectivity index (χ0n) is 10.8. The monoisotopic (exact) mass is 299 g/mol. The summed E-state index contributed by atoms with van der Waals surface area (Å²) in [6, 6.07) is 7.54. The van der Waals surface area contributed by atoms with Crippen LogP contribution in [0.25, 0.3) is 0 Å². The topological polar surface area (TPSA) is 12.0 Å². The summed E-state index contributed by atoms with van der Waals surface area (Å²) in [5.41, 5.74) is 0.387. The van der Waals surface area contributed by atoms with Gasteiger partial charge in [0, 0.05) is 11.6 Å². The highest BCUT2D eigenvalue weighted by Crippen LogP contribution is 2.31. The van der Waals surface area contributed by atoms with Gasteiger partial charge in [-0.25, -0.2) is 13.2 Å². The molecule has 1 nitrogen and oxygen atoms in total. The molecule has 0 bridgehead atoms. The highest BCUT2D eigenvalue weighted by atomic mass is 35.5. The Morgan fingerprint density at radius 2 is 1.80 bits per heavy atom. The minimum atomic E-state index is -0.801. The van der Waals surface area contributed by atoms with Crippen LogP contribution >= 0.6 is 11.6 Å². The summed E-state index contributed by atoms with van der Waals surface area (Å²) in [5.74, 6) is -1.94. The van der Waals surface area contributed by atoms with Crippen LogP contribution < -0.4 is 5.32 Å². The summed E-state index contributed by atoms with van der Waals surface area (Å²) >= 11 is 5.83. The molecule has 20 heavy (non-hydrogen) atoms. The Balaban J connectivity index is 2.35. The highest BCUT2D eigenvalue weighted by Gasteiger charge is 2.17. The van der Waals surface area contributed by atoms with Gasteiger partial charge >= 0.3 is 0 Å². The van der Waals surface area contributed by atoms with E-state index in [4.69, 9.17) is 11.6 Å². The van der Waals surface area contributed by atoms with Crippen LogP contribution in [0.4, 0.5) is 18.9 Å². The maximum Gasteiger partial charge on any atom is 0.150 e.